The highest BCUT2D eigenvalue weighted by atomic mass is 16.5. The Kier molecular flexibility index (Phi) is 17.5. The largest absolute Gasteiger partial charge is 0.465 e. The summed E-state index contributed by atoms with van der Waals surface area (Å²) in [5, 5.41) is 1.13. The Bertz CT molecular complexity index is 1510. The molecule has 2 aliphatic rings. The zero-order valence-electron chi connectivity index (χ0n) is 31.3. The highest BCUT2D eigenvalue weighted by Crippen LogP contribution is 2.36. The number of pyridine rings is 1. The molecular formula is C41H60N4O3. The molecule has 2 unspecified atom stereocenters. The molecule has 1 fully saturated rings. The third-order valence-corrected chi connectivity index (χ3v) is 8.38. The molecule has 2 aromatic heterocycles. The lowest BCUT2D eigenvalue weighted by atomic mass is 9.94. The molecule has 0 aliphatic carbocycles. The van der Waals surface area contributed by atoms with E-state index in [9.17, 15) is 9.59 Å². The van der Waals surface area contributed by atoms with Crippen molar-refractivity contribution in [3.8, 4) is 0 Å². The van der Waals surface area contributed by atoms with Crippen molar-refractivity contribution in [1.29, 1.82) is 0 Å². The molecule has 7 nitrogen and oxygen atoms in total. The molecule has 2 aliphatic heterocycles. The smallest absolute Gasteiger partial charge is 0.337 e. The summed E-state index contributed by atoms with van der Waals surface area (Å²) in [6.07, 6.45) is 17.2. The summed E-state index contributed by atoms with van der Waals surface area (Å²) in [5.74, 6) is 0.143. The summed E-state index contributed by atoms with van der Waals surface area (Å²) in [4.78, 5) is 35.1. The Morgan fingerprint density at radius 1 is 0.958 bits per heavy atom. The molecule has 0 spiro atoms. The quantitative estimate of drug-likeness (QED) is 0.256. The highest BCUT2D eigenvalue weighted by molar-refractivity contribution is 5.97. The number of ether oxygens (including phenoxy) is 1. The van der Waals surface area contributed by atoms with Crippen LogP contribution in [0.15, 0.2) is 78.7 Å². The van der Waals surface area contributed by atoms with Crippen molar-refractivity contribution >= 4 is 28.5 Å². The summed E-state index contributed by atoms with van der Waals surface area (Å²) in [6, 6.07) is 9.86. The normalized spacial score (nSPS) is 18.8. The minimum Gasteiger partial charge on any atom is -0.465 e. The molecule has 0 radical (unpaired) electrons. The zero-order valence-corrected chi connectivity index (χ0v) is 31.3. The number of allylic oxidation sites excluding steroid dienone is 5. The lowest BCUT2D eigenvalue weighted by Crippen LogP contribution is -2.49. The van der Waals surface area contributed by atoms with Gasteiger partial charge in [0, 0.05) is 72.9 Å². The number of nitrogens with zero attached hydrogens (tertiary/aromatic N) is 4. The number of hydrogen-bond donors (Lipinski definition) is 0. The molecule has 1 saturated heterocycles. The molecule has 3 aromatic rings. The van der Waals surface area contributed by atoms with Crippen LogP contribution in [0.25, 0.3) is 10.9 Å². The van der Waals surface area contributed by atoms with Gasteiger partial charge in [0.2, 0.25) is 0 Å². The molecule has 5 rings (SSSR count). The first-order valence-electron chi connectivity index (χ1n) is 18.0. The number of esters is 1. The Balaban J connectivity index is 0.00000106. The van der Waals surface area contributed by atoms with E-state index < -0.39 is 0 Å². The lowest BCUT2D eigenvalue weighted by molar-refractivity contribution is -0.127. The van der Waals surface area contributed by atoms with Crippen molar-refractivity contribution in [3.63, 3.8) is 0 Å². The molecule has 0 saturated carbocycles. The maximum atomic E-state index is 14.2. The fourth-order valence-electron chi connectivity index (χ4n) is 5.99. The molecule has 1 aromatic carbocycles. The van der Waals surface area contributed by atoms with Gasteiger partial charge in [-0.2, -0.15) is 0 Å². The Labute approximate surface area is 290 Å². The summed E-state index contributed by atoms with van der Waals surface area (Å²) < 4.78 is 7.32. The zero-order chi connectivity index (χ0) is 35.6. The van der Waals surface area contributed by atoms with Crippen molar-refractivity contribution in [3.05, 3.63) is 95.5 Å². The van der Waals surface area contributed by atoms with E-state index in [0.717, 1.165) is 48.1 Å². The maximum absolute atomic E-state index is 14.2. The molecule has 262 valence electrons. The van der Waals surface area contributed by atoms with Gasteiger partial charge in [0.15, 0.2) is 0 Å². The van der Waals surface area contributed by atoms with Crippen LogP contribution < -0.4 is 4.90 Å². The number of methoxy groups -OCH3 is 1. The van der Waals surface area contributed by atoms with Crippen LogP contribution >= 0.6 is 0 Å². The van der Waals surface area contributed by atoms with Gasteiger partial charge in [0.05, 0.1) is 19.2 Å². The molecule has 48 heavy (non-hydrogen) atoms. The number of aromatic nitrogens is 2. The second-order valence-electron chi connectivity index (χ2n) is 11.7. The first kappa shape index (κ1) is 40.0. The van der Waals surface area contributed by atoms with E-state index in [0.29, 0.717) is 31.1 Å². The van der Waals surface area contributed by atoms with E-state index in [1.165, 1.54) is 24.8 Å². The van der Waals surface area contributed by atoms with Crippen LogP contribution in [-0.2, 0) is 22.5 Å². The van der Waals surface area contributed by atoms with Crippen LogP contribution in [0.2, 0.25) is 0 Å². The minimum atomic E-state index is -0.360. The number of carbonyl (C=O) groups is 2. The molecule has 0 bridgehead atoms. The fourth-order valence-corrected chi connectivity index (χ4v) is 5.99. The number of anilines is 1. The molecule has 2 atom stereocenters. The van der Waals surface area contributed by atoms with E-state index in [1.54, 1.807) is 0 Å². The third kappa shape index (κ3) is 10.2. The van der Waals surface area contributed by atoms with E-state index in [2.05, 4.69) is 79.4 Å². The predicted octanol–water partition coefficient (Wildman–Crippen LogP) is 9.38. The molecular weight excluding hydrogens is 596 g/mol. The van der Waals surface area contributed by atoms with Gasteiger partial charge in [0.1, 0.15) is 0 Å². The number of rotatable bonds is 5. The lowest BCUT2D eigenvalue weighted by Gasteiger charge is -2.36. The summed E-state index contributed by atoms with van der Waals surface area (Å²) in [6.45, 7) is 22.2. The van der Waals surface area contributed by atoms with Gasteiger partial charge in [-0.3, -0.25) is 9.78 Å². The van der Waals surface area contributed by atoms with Crippen molar-refractivity contribution in [2.75, 3.05) is 38.2 Å². The van der Waals surface area contributed by atoms with Gasteiger partial charge in [0.25, 0.3) is 5.91 Å². The van der Waals surface area contributed by atoms with Crippen LogP contribution in [0, 0.1) is 5.92 Å². The van der Waals surface area contributed by atoms with Crippen LogP contribution in [-0.4, -0.2) is 59.6 Å². The molecule has 1 amide bonds. The van der Waals surface area contributed by atoms with Crippen LogP contribution in [0.4, 0.5) is 5.69 Å². The molecule has 0 N–H and O–H groups in total. The van der Waals surface area contributed by atoms with Gasteiger partial charge < -0.3 is 19.1 Å². The number of piperazine rings is 1. The summed E-state index contributed by atoms with van der Waals surface area (Å²) in [7, 11) is 1.41. The number of amides is 1. The first-order valence-corrected chi connectivity index (χ1v) is 18.0. The van der Waals surface area contributed by atoms with Crippen LogP contribution in [0.3, 0.4) is 0 Å². The number of carbonyl (C=O) groups excluding carboxylic acids is 2. The van der Waals surface area contributed by atoms with Crippen molar-refractivity contribution < 1.29 is 14.3 Å². The Morgan fingerprint density at radius 2 is 1.60 bits per heavy atom. The molecule has 7 heteroatoms. The fraction of sp³-hybridized carbons (Fsp3) is 0.488. The van der Waals surface area contributed by atoms with E-state index >= 15 is 0 Å². The van der Waals surface area contributed by atoms with Gasteiger partial charge in [-0.05, 0) is 48.1 Å². The first-order chi connectivity index (χ1) is 23.3. The van der Waals surface area contributed by atoms with E-state index in [-0.39, 0.29) is 17.8 Å². The third-order valence-electron chi connectivity index (χ3n) is 8.38. The van der Waals surface area contributed by atoms with E-state index in [4.69, 9.17) is 4.74 Å². The van der Waals surface area contributed by atoms with E-state index in [1.807, 2.05) is 75.3 Å². The van der Waals surface area contributed by atoms with Gasteiger partial charge in [-0.25, -0.2) is 4.79 Å². The van der Waals surface area contributed by atoms with Crippen molar-refractivity contribution in [2.45, 2.75) is 94.0 Å². The van der Waals surface area contributed by atoms with Crippen molar-refractivity contribution in [2.24, 2.45) is 5.92 Å². The van der Waals surface area contributed by atoms with Gasteiger partial charge in [-0.1, -0.05) is 105 Å². The predicted molar refractivity (Wildman–Crippen MR) is 203 cm³/mol. The second-order valence-corrected chi connectivity index (χ2v) is 11.7. The van der Waals surface area contributed by atoms with Crippen LogP contribution in [0.5, 0.6) is 0 Å². The number of benzene rings is 1. The summed E-state index contributed by atoms with van der Waals surface area (Å²) in [5.41, 5.74) is 5.87. The standard InChI is InChI=1S/C34H40N4O3.C3H8.2C2H6/c1-5-25(3)32-29-12-11-26(34(40)41-4)22-31(29)38-23-27(21-24(2)9-7-6-8-10-30(32)38)33(39)37-19-17-36(18-20-37)28-13-15-35-16-14-28;1-3-2;2*1-2/h6-9,11-16,21-22,24-25H,5,10,17-20,23H2,1-4H3;3H2,1-2H3;2*1-2H3/b8-6-,9-7-,27-21+;;;. The van der Waals surface area contributed by atoms with Gasteiger partial charge >= 0.3 is 5.97 Å². The second kappa shape index (κ2) is 21.0. The minimum absolute atomic E-state index is 0.0776. The highest BCUT2D eigenvalue weighted by Gasteiger charge is 2.27. The summed E-state index contributed by atoms with van der Waals surface area (Å²) >= 11 is 0. The maximum Gasteiger partial charge on any atom is 0.337 e. The average molecular weight is 657 g/mol. The monoisotopic (exact) mass is 656 g/mol. The topological polar surface area (TPSA) is 67.7 Å². The average Bonchev–Trinajstić information content (AvgIpc) is 3.42. The SMILES string of the molecule is CC.CC.CCC.CCC(C)c1c2n(c3cc(C(=O)OC)ccc13)C/C(C(=O)N1CCN(c3ccncc3)CC1)=C\C(C)/C=C\C=C/C2. The number of hydrogen-bond acceptors (Lipinski definition) is 5. The number of fused-ring (bicyclic) bond motifs is 3. The van der Waals surface area contributed by atoms with Gasteiger partial charge in [-0.15, -0.1) is 0 Å². The van der Waals surface area contributed by atoms with Crippen molar-refractivity contribution in [1.82, 2.24) is 14.5 Å². The van der Waals surface area contributed by atoms with Crippen LogP contribution in [0.1, 0.15) is 103 Å². The Hall–Kier alpha value is -4.13. The molecule has 4 heterocycles. The Morgan fingerprint density at radius 3 is 2.21 bits per heavy atom.